The van der Waals surface area contributed by atoms with E-state index in [1.165, 1.54) is 11.1 Å². The SMILES string of the molecule is CCNC(=O)/C=C(\C)CC/C=C(\CO)CC/C=C(\C)CCC=C(C)C. The number of amides is 1. The number of likely N-dealkylation sites (N-methyl/N-ethyl adjacent to an activating group) is 1. The highest BCUT2D eigenvalue weighted by Crippen LogP contribution is 2.13. The molecule has 1 amide bonds. The summed E-state index contributed by atoms with van der Waals surface area (Å²) in [4.78, 5) is 11.5. The fourth-order valence-corrected chi connectivity index (χ4v) is 2.47. The Morgan fingerprint density at radius 3 is 2.08 bits per heavy atom. The summed E-state index contributed by atoms with van der Waals surface area (Å²) in [7, 11) is 0. The van der Waals surface area contributed by atoms with E-state index in [9.17, 15) is 9.90 Å². The number of carbonyl (C=O) groups excluding carboxylic acids is 1. The van der Waals surface area contributed by atoms with Crippen molar-refractivity contribution in [2.24, 2.45) is 0 Å². The van der Waals surface area contributed by atoms with E-state index in [1.807, 2.05) is 13.8 Å². The first-order chi connectivity index (χ1) is 11.9. The predicted molar refractivity (Wildman–Crippen MR) is 108 cm³/mol. The summed E-state index contributed by atoms with van der Waals surface area (Å²) >= 11 is 0. The maximum absolute atomic E-state index is 11.5. The van der Waals surface area contributed by atoms with Gasteiger partial charge in [-0.25, -0.2) is 0 Å². The average molecular weight is 348 g/mol. The molecule has 142 valence electrons. The molecule has 0 aromatic rings. The number of allylic oxidation sites excluding steroid dienone is 6. The van der Waals surface area contributed by atoms with Crippen LogP contribution in [0.25, 0.3) is 0 Å². The third-order valence-electron chi connectivity index (χ3n) is 3.95. The highest BCUT2D eigenvalue weighted by atomic mass is 16.3. The molecule has 25 heavy (non-hydrogen) atoms. The van der Waals surface area contributed by atoms with Crippen LogP contribution in [0.4, 0.5) is 0 Å². The van der Waals surface area contributed by atoms with Crippen LogP contribution in [0, 0.1) is 0 Å². The molecule has 0 unspecified atom stereocenters. The van der Waals surface area contributed by atoms with Gasteiger partial charge in [-0.3, -0.25) is 4.79 Å². The Hall–Kier alpha value is -1.61. The molecule has 0 saturated carbocycles. The van der Waals surface area contributed by atoms with Crippen molar-refractivity contribution in [3.8, 4) is 0 Å². The number of hydrogen-bond donors (Lipinski definition) is 2. The molecule has 2 N–H and O–H groups in total. The van der Waals surface area contributed by atoms with E-state index in [2.05, 4.69) is 44.3 Å². The molecule has 0 bridgehead atoms. The maximum Gasteiger partial charge on any atom is 0.243 e. The van der Waals surface area contributed by atoms with Crippen LogP contribution in [-0.2, 0) is 4.79 Å². The second-order valence-electron chi connectivity index (χ2n) is 6.85. The summed E-state index contributed by atoms with van der Waals surface area (Å²) in [6, 6.07) is 0. The number of aliphatic hydroxyl groups excluding tert-OH is 1. The molecule has 0 fully saturated rings. The molecule has 0 saturated heterocycles. The summed E-state index contributed by atoms with van der Waals surface area (Å²) in [5.74, 6) is -0.0277. The Labute approximate surface area is 154 Å². The van der Waals surface area contributed by atoms with Crippen molar-refractivity contribution in [1.82, 2.24) is 5.32 Å². The molecule has 0 aromatic carbocycles. The molecule has 3 nitrogen and oxygen atoms in total. The van der Waals surface area contributed by atoms with Crippen LogP contribution in [0.2, 0.25) is 0 Å². The van der Waals surface area contributed by atoms with Gasteiger partial charge in [0.1, 0.15) is 0 Å². The Morgan fingerprint density at radius 1 is 0.880 bits per heavy atom. The highest BCUT2D eigenvalue weighted by Gasteiger charge is 1.98. The zero-order valence-corrected chi connectivity index (χ0v) is 16.8. The van der Waals surface area contributed by atoms with Crippen molar-refractivity contribution < 1.29 is 9.90 Å². The van der Waals surface area contributed by atoms with Crippen molar-refractivity contribution in [2.75, 3.05) is 13.2 Å². The van der Waals surface area contributed by atoms with Crippen molar-refractivity contribution >= 4 is 5.91 Å². The van der Waals surface area contributed by atoms with E-state index in [0.29, 0.717) is 6.54 Å². The molecule has 0 atom stereocenters. The molecule has 0 spiro atoms. The van der Waals surface area contributed by atoms with E-state index < -0.39 is 0 Å². The van der Waals surface area contributed by atoms with Crippen LogP contribution >= 0.6 is 0 Å². The zero-order valence-electron chi connectivity index (χ0n) is 16.8. The molecule has 3 heteroatoms. The van der Waals surface area contributed by atoms with Gasteiger partial charge >= 0.3 is 0 Å². The Balaban J connectivity index is 4.25. The average Bonchev–Trinajstić information content (AvgIpc) is 2.53. The lowest BCUT2D eigenvalue weighted by molar-refractivity contribution is -0.116. The summed E-state index contributed by atoms with van der Waals surface area (Å²) in [6.07, 6.45) is 14.1. The third-order valence-corrected chi connectivity index (χ3v) is 3.95. The fourth-order valence-electron chi connectivity index (χ4n) is 2.47. The van der Waals surface area contributed by atoms with E-state index in [-0.39, 0.29) is 12.5 Å². The molecule has 0 radical (unpaired) electrons. The quantitative estimate of drug-likeness (QED) is 0.374. The second kappa shape index (κ2) is 14.7. The first kappa shape index (κ1) is 23.4. The van der Waals surface area contributed by atoms with Gasteiger partial charge in [0.2, 0.25) is 5.91 Å². The lowest BCUT2D eigenvalue weighted by Gasteiger charge is -2.05. The summed E-state index contributed by atoms with van der Waals surface area (Å²) in [6.45, 7) is 11.1. The lowest BCUT2D eigenvalue weighted by atomic mass is 10.0. The molecule has 0 aliphatic rings. The van der Waals surface area contributed by atoms with Crippen LogP contribution in [0.3, 0.4) is 0 Å². The standard InChI is InChI=1S/C22H37NO2/c1-6-23-22(25)16-20(5)13-9-15-21(17-24)14-8-12-19(4)11-7-10-18(2)3/h10,12,15-16,24H,6-9,11,13-14,17H2,1-5H3,(H,23,25)/b19-12+,20-16+,21-15-. The van der Waals surface area contributed by atoms with Gasteiger partial charge in [0, 0.05) is 12.6 Å². The first-order valence-electron chi connectivity index (χ1n) is 9.41. The zero-order chi connectivity index (χ0) is 19.1. The minimum atomic E-state index is -0.0277. The summed E-state index contributed by atoms with van der Waals surface area (Å²) in [5, 5.41) is 12.3. The van der Waals surface area contributed by atoms with E-state index in [1.54, 1.807) is 6.08 Å². The number of hydrogen-bond acceptors (Lipinski definition) is 2. The molecule has 0 aliphatic heterocycles. The van der Waals surface area contributed by atoms with E-state index >= 15 is 0 Å². The minimum absolute atomic E-state index is 0.0277. The largest absolute Gasteiger partial charge is 0.392 e. The molecule has 0 heterocycles. The Bertz CT molecular complexity index is 506. The van der Waals surface area contributed by atoms with Gasteiger partial charge in [-0.2, -0.15) is 0 Å². The molecule has 0 rings (SSSR count). The minimum Gasteiger partial charge on any atom is -0.392 e. The van der Waals surface area contributed by atoms with Gasteiger partial charge in [0.15, 0.2) is 0 Å². The second-order valence-corrected chi connectivity index (χ2v) is 6.85. The summed E-state index contributed by atoms with van der Waals surface area (Å²) in [5.41, 5.74) is 4.93. The third kappa shape index (κ3) is 14.4. The first-order valence-corrected chi connectivity index (χ1v) is 9.41. The van der Waals surface area contributed by atoms with Crippen molar-refractivity contribution in [2.45, 2.75) is 73.1 Å². The molecule has 0 aromatic heterocycles. The van der Waals surface area contributed by atoms with Crippen LogP contribution in [0.1, 0.15) is 73.1 Å². The Kier molecular flexibility index (Phi) is 13.8. The van der Waals surface area contributed by atoms with Gasteiger partial charge in [0.25, 0.3) is 0 Å². The topological polar surface area (TPSA) is 49.3 Å². The van der Waals surface area contributed by atoms with E-state index in [0.717, 1.165) is 49.7 Å². The maximum atomic E-state index is 11.5. The summed E-state index contributed by atoms with van der Waals surface area (Å²) < 4.78 is 0. The van der Waals surface area contributed by atoms with Crippen molar-refractivity contribution in [3.05, 3.63) is 46.6 Å². The smallest absolute Gasteiger partial charge is 0.243 e. The van der Waals surface area contributed by atoms with Crippen molar-refractivity contribution in [1.29, 1.82) is 0 Å². The van der Waals surface area contributed by atoms with Crippen molar-refractivity contribution in [3.63, 3.8) is 0 Å². The lowest BCUT2D eigenvalue weighted by Crippen LogP contribution is -2.20. The monoisotopic (exact) mass is 347 g/mol. The van der Waals surface area contributed by atoms with E-state index in [4.69, 9.17) is 0 Å². The highest BCUT2D eigenvalue weighted by molar-refractivity contribution is 5.88. The van der Waals surface area contributed by atoms with Crippen LogP contribution in [0.5, 0.6) is 0 Å². The van der Waals surface area contributed by atoms with Gasteiger partial charge in [0.05, 0.1) is 6.61 Å². The number of aliphatic hydroxyl groups is 1. The molecule has 0 aliphatic carbocycles. The van der Waals surface area contributed by atoms with Crippen LogP contribution in [0.15, 0.2) is 46.6 Å². The van der Waals surface area contributed by atoms with Crippen LogP contribution in [-0.4, -0.2) is 24.2 Å². The molecular formula is C22H37NO2. The predicted octanol–water partition coefficient (Wildman–Crippen LogP) is 5.24. The number of carbonyl (C=O) groups is 1. The number of nitrogens with one attached hydrogen (secondary N) is 1. The van der Waals surface area contributed by atoms with Crippen LogP contribution < -0.4 is 5.32 Å². The van der Waals surface area contributed by atoms with Gasteiger partial charge in [-0.05, 0) is 78.7 Å². The van der Waals surface area contributed by atoms with Gasteiger partial charge < -0.3 is 10.4 Å². The fraction of sp³-hybridized carbons (Fsp3) is 0.591. The molecular weight excluding hydrogens is 310 g/mol. The normalized spacial score (nSPS) is 13.0. The Morgan fingerprint density at radius 2 is 1.48 bits per heavy atom. The van der Waals surface area contributed by atoms with Gasteiger partial charge in [-0.15, -0.1) is 0 Å². The van der Waals surface area contributed by atoms with Gasteiger partial charge in [-0.1, -0.05) is 34.9 Å². The number of rotatable bonds is 12.